The molecule has 3 nitrogen and oxygen atoms in total. The highest BCUT2D eigenvalue weighted by Gasteiger charge is 2.33. The lowest BCUT2D eigenvalue weighted by molar-refractivity contribution is 0.0705. The van der Waals surface area contributed by atoms with Gasteiger partial charge in [0.2, 0.25) is 0 Å². The minimum Gasteiger partial charge on any atom is -0.311 e. The number of thiazole rings is 1. The predicted molar refractivity (Wildman–Crippen MR) is 87.3 cm³/mol. The van der Waals surface area contributed by atoms with Crippen LogP contribution in [0, 0.1) is 12.8 Å². The van der Waals surface area contributed by atoms with Crippen molar-refractivity contribution in [2.75, 3.05) is 13.1 Å². The number of rotatable bonds is 5. The standard InChI is InChI=1S/C16H29N3S/c1-6-11(3)15-9-19(14(7-2)8-17-15)13(5)16-18-12(4)10-20-16/h10-11,13-15,17H,6-9H2,1-5H3. The third-order valence-corrected chi connectivity index (χ3v) is 5.92. The molecule has 4 heteroatoms. The molecule has 20 heavy (non-hydrogen) atoms. The molecule has 0 aliphatic carbocycles. The summed E-state index contributed by atoms with van der Waals surface area (Å²) in [4.78, 5) is 7.37. The van der Waals surface area contributed by atoms with Crippen LogP contribution in [0.5, 0.6) is 0 Å². The molecule has 1 fully saturated rings. The zero-order chi connectivity index (χ0) is 14.7. The van der Waals surface area contributed by atoms with Crippen molar-refractivity contribution >= 4 is 11.3 Å². The second-order valence-corrected chi connectivity index (χ2v) is 7.05. The maximum absolute atomic E-state index is 4.70. The minimum absolute atomic E-state index is 0.437. The van der Waals surface area contributed by atoms with E-state index in [1.807, 2.05) is 0 Å². The van der Waals surface area contributed by atoms with Gasteiger partial charge >= 0.3 is 0 Å². The molecule has 1 N–H and O–H groups in total. The van der Waals surface area contributed by atoms with Crippen LogP contribution in [0.15, 0.2) is 5.38 Å². The Labute approximate surface area is 127 Å². The highest BCUT2D eigenvalue weighted by molar-refractivity contribution is 7.09. The van der Waals surface area contributed by atoms with Crippen molar-refractivity contribution in [2.24, 2.45) is 5.92 Å². The van der Waals surface area contributed by atoms with Crippen LogP contribution in [0.25, 0.3) is 0 Å². The molecule has 0 bridgehead atoms. The first-order chi connectivity index (χ1) is 9.56. The molecule has 2 heterocycles. The number of aryl methyl sites for hydroxylation is 1. The van der Waals surface area contributed by atoms with E-state index < -0.39 is 0 Å². The number of nitrogens with zero attached hydrogens (tertiary/aromatic N) is 2. The van der Waals surface area contributed by atoms with E-state index in [1.54, 1.807) is 11.3 Å². The van der Waals surface area contributed by atoms with E-state index in [4.69, 9.17) is 4.98 Å². The fourth-order valence-electron chi connectivity index (χ4n) is 3.07. The van der Waals surface area contributed by atoms with Gasteiger partial charge in [-0.1, -0.05) is 27.2 Å². The van der Waals surface area contributed by atoms with Gasteiger partial charge in [-0.3, -0.25) is 4.90 Å². The maximum Gasteiger partial charge on any atom is 0.110 e. The van der Waals surface area contributed by atoms with E-state index >= 15 is 0 Å². The lowest BCUT2D eigenvalue weighted by Crippen LogP contribution is -2.58. The van der Waals surface area contributed by atoms with Crippen molar-refractivity contribution in [3.63, 3.8) is 0 Å². The Morgan fingerprint density at radius 1 is 1.45 bits per heavy atom. The lowest BCUT2D eigenvalue weighted by atomic mass is 9.94. The molecule has 114 valence electrons. The smallest absolute Gasteiger partial charge is 0.110 e. The van der Waals surface area contributed by atoms with Crippen LogP contribution < -0.4 is 5.32 Å². The summed E-state index contributed by atoms with van der Waals surface area (Å²) in [6, 6.07) is 1.69. The Balaban J connectivity index is 2.12. The van der Waals surface area contributed by atoms with E-state index in [9.17, 15) is 0 Å². The van der Waals surface area contributed by atoms with Gasteiger partial charge in [-0.2, -0.15) is 0 Å². The quantitative estimate of drug-likeness (QED) is 0.899. The average molecular weight is 295 g/mol. The molecule has 0 saturated carbocycles. The highest BCUT2D eigenvalue weighted by Crippen LogP contribution is 2.29. The van der Waals surface area contributed by atoms with Gasteiger partial charge in [-0.05, 0) is 26.2 Å². The summed E-state index contributed by atoms with van der Waals surface area (Å²) in [6.07, 6.45) is 2.45. The fourth-order valence-corrected chi connectivity index (χ4v) is 3.94. The molecule has 0 amide bonds. The largest absolute Gasteiger partial charge is 0.311 e. The first kappa shape index (κ1) is 15.9. The second kappa shape index (κ2) is 7.01. The van der Waals surface area contributed by atoms with Crippen molar-refractivity contribution in [1.29, 1.82) is 0 Å². The molecule has 1 aliphatic heterocycles. The van der Waals surface area contributed by atoms with Gasteiger partial charge < -0.3 is 5.32 Å². The van der Waals surface area contributed by atoms with Gasteiger partial charge in [-0.15, -0.1) is 11.3 Å². The number of hydrogen-bond acceptors (Lipinski definition) is 4. The lowest BCUT2D eigenvalue weighted by Gasteiger charge is -2.44. The summed E-state index contributed by atoms with van der Waals surface area (Å²) in [5.74, 6) is 0.737. The number of nitrogens with one attached hydrogen (secondary N) is 1. The molecule has 0 aromatic carbocycles. The van der Waals surface area contributed by atoms with Gasteiger partial charge in [0, 0.05) is 36.2 Å². The third-order valence-electron chi connectivity index (χ3n) is 4.79. The molecule has 4 unspecified atom stereocenters. The zero-order valence-corrected chi connectivity index (χ0v) is 14.3. The first-order valence-corrected chi connectivity index (χ1v) is 8.85. The van der Waals surface area contributed by atoms with Crippen LogP contribution in [-0.2, 0) is 0 Å². The summed E-state index contributed by atoms with van der Waals surface area (Å²) in [6.45, 7) is 13.6. The van der Waals surface area contributed by atoms with Gasteiger partial charge in [0.05, 0.1) is 6.04 Å². The van der Waals surface area contributed by atoms with Gasteiger partial charge in [0.1, 0.15) is 5.01 Å². The van der Waals surface area contributed by atoms with Crippen molar-refractivity contribution in [2.45, 2.75) is 65.6 Å². The predicted octanol–water partition coefficient (Wildman–Crippen LogP) is 3.61. The summed E-state index contributed by atoms with van der Waals surface area (Å²) in [5.41, 5.74) is 1.15. The number of hydrogen-bond donors (Lipinski definition) is 1. The second-order valence-electron chi connectivity index (χ2n) is 6.16. The van der Waals surface area contributed by atoms with Crippen LogP contribution in [0.1, 0.15) is 57.3 Å². The van der Waals surface area contributed by atoms with Gasteiger partial charge in [-0.25, -0.2) is 4.98 Å². The van der Waals surface area contributed by atoms with E-state index in [1.165, 1.54) is 17.8 Å². The van der Waals surface area contributed by atoms with Crippen LogP contribution in [0.2, 0.25) is 0 Å². The van der Waals surface area contributed by atoms with Crippen LogP contribution in [0.4, 0.5) is 0 Å². The normalized spacial score (nSPS) is 27.4. The summed E-state index contributed by atoms with van der Waals surface area (Å²) >= 11 is 1.81. The minimum atomic E-state index is 0.437. The van der Waals surface area contributed by atoms with Gasteiger partial charge in [0.15, 0.2) is 0 Å². The SMILES string of the molecule is CCC(C)C1CN(C(C)c2nc(C)cs2)C(CC)CN1. The molecular formula is C16H29N3S. The Morgan fingerprint density at radius 3 is 2.75 bits per heavy atom. The average Bonchev–Trinajstić information content (AvgIpc) is 2.91. The topological polar surface area (TPSA) is 28.2 Å². The molecule has 2 rings (SSSR count). The Kier molecular flexibility index (Phi) is 5.58. The van der Waals surface area contributed by atoms with Crippen LogP contribution >= 0.6 is 11.3 Å². The van der Waals surface area contributed by atoms with Crippen LogP contribution in [-0.4, -0.2) is 35.1 Å². The molecule has 1 aromatic heterocycles. The number of aromatic nitrogens is 1. The Bertz CT molecular complexity index is 418. The van der Waals surface area contributed by atoms with Crippen LogP contribution in [0.3, 0.4) is 0 Å². The fraction of sp³-hybridized carbons (Fsp3) is 0.812. The van der Waals surface area contributed by atoms with E-state index in [-0.39, 0.29) is 0 Å². The van der Waals surface area contributed by atoms with Crippen molar-refractivity contribution in [3.8, 4) is 0 Å². The number of piperazine rings is 1. The third kappa shape index (κ3) is 3.41. The molecule has 1 aliphatic rings. The Morgan fingerprint density at radius 2 is 2.20 bits per heavy atom. The van der Waals surface area contributed by atoms with E-state index in [2.05, 4.69) is 50.2 Å². The molecule has 0 radical (unpaired) electrons. The van der Waals surface area contributed by atoms with Crippen molar-refractivity contribution < 1.29 is 0 Å². The van der Waals surface area contributed by atoms with Crippen molar-refractivity contribution in [1.82, 2.24) is 15.2 Å². The highest BCUT2D eigenvalue weighted by atomic mass is 32.1. The Hall–Kier alpha value is -0.450. The summed E-state index contributed by atoms with van der Waals surface area (Å²) in [5, 5.41) is 7.19. The van der Waals surface area contributed by atoms with E-state index in [0.717, 1.165) is 24.7 Å². The molecular weight excluding hydrogens is 266 g/mol. The molecule has 1 aromatic rings. The monoisotopic (exact) mass is 295 g/mol. The summed E-state index contributed by atoms with van der Waals surface area (Å²) in [7, 11) is 0. The molecule has 1 saturated heterocycles. The van der Waals surface area contributed by atoms with Gasteiger partial charge in [0.25, 0.3) is 0 Å². The zero-order valence-electron chi connectivity index (χ0n) is 13.5. The van der Waals surface area contributed by atoms with Crippen molar-refractivity contribution in [3.05, 3.63) is 16.1 Å². The molecule has 0 spiro atoms. The first-order valence-electron chi connectivity index (χ1n) is 7.97. The summed E-state index contributed by atoms with van der Waals surface area (Å²) < 4.78 is 0. The molecule has 4 atom stereocenters. The van der Waals surface area contributed by atoms with E-state index in [0.29, 0.717) is 18.1 Å². The maximum atomic E-state index is 4.70.